The predicted molar refractivity (Wildman–Crippen MR) is 114 cm³/mol. The summed E-state index contributed by atoms with van der Waals surface area (Å²) >= 11 is 0. The third-order valence-corrected chi connectivity index (χ3v) is 5.06. The molecule has 0 aliphatic carbocycles. The van der Waals surface area contributed by atoms with Crippen LogP contribution < -0.4 is 5.73 Å². The first-order valence-electron chi connectivity index (χ1n) is 11.1. The zero-order valence-electron chi connectivity index (χ0n) is 16.8. The number of halogens is 1. The Morgan fingerprint density at radius 2 is 0.583 bits per heavy atom. The molecule has 1 nitrogen and oxygen atoms in total. The summed E-state index contributed by atoms with van der Waals surface area (Å²) in [5, 5.41) is 0. The van der Waals surface area contributed by atoms with Crippen molar-refractivity contribution in [1.82, 2.24) is 0 Å². The minimum absolute atomic E-state index is 0. The fraction of sp³-hybridized carbons (Fsp3) is 1.00. The molecule has 0 spiro atoms. The molecule has 0 saturated heterocycles. The van der Waals surface area contributed by atoms with Gasteiger partial charge in [0.2, 0.25) is 0 Å². The first-order chi connectivity index (χ1) is 11.4. The minimum Gasteiger partial charge on any atom is -0.330 e. The zero-order chi connectivity index (χ0) is 16.8. The Hall–Kier alpha value is 0.250. The quantitative estimate of drug-likeness (QED) is 0.217. The molecule has 148 valence electrons. The van der Waals surface area contributed by atoms with Gasteiger partial charge in [0.05, 0.1) is 0 Å². The molecule has 0 rings (SSSR count). The Balaban J connectivity index is 0. The molecule has 0 aromatic rings. The molecule has 0 radical (unpaired) electrons. The summed E-state index contributed by atoms with van der Waals surface area (Å²) in [6, 6.07) is 0. The molecule has 2 N–H and O–H groups in total. The number of hydrogen-bond acceptors (Lipinski definition) is 1. The van der Waals surface area contributed by atoms with Crippen molar-refractivity contribution < 1.29 is 0 Å². The van der Waals surface area contributed by atoms with Gasteiger partial charge in [0.25, 0.3) is 0 Å². The highest BCUT2D eigenvalue weighted by molar-refractivity contribution is 5.85. The second-order valence-corrected chi connectivity index (χ2v) is 7.51. The molecule has 0 amide bonds. The highest BCUT2D eigenvalue weighted by Gasteiger charge is 1.95. The van der Waals surface area contributed by atoms with E-state index in [1.54, 1.807) is 0 Å². The lowest BCUT2D eigenvalue weighted by atomic mass is 10.0. The number of rotatable bonds is 20. The highest BCUT2D eigenvalue weighted by atomic mass is 35.5. The van der Waals surface area contributed by atoms with E-state index in [2.05, 4.69) is 6.92 Å². The molecule has 0 saturated carbocycles. The Labute approximate surface area is 160 Å². The molecule has 24 heavy (non-hydrogen) atoms. The van der Waals surface area contributed by atoms with E-state index in [9.17, 15) is 0 Å². The lowest BCUT2D eigenvalue weighted by molar-refractivity contribution is 0.522. The van der Waals surface area contributed by atoms with Crippen LogP contribution in [-0.2, 0) is 0 Å². The van der Waals surface area contributed by atoms with Crippen molar-refractivity contribution in [3.05, 3.63) is 0 Å². The van der Waals surface area contributed by atoms with Crippen molar-refractivity contribution in [2.75, 3.05) is 6.54 Å². The van der Waals surface area contributed by atoms with Crippen molar-refractivity contribution in [2.45, 2.75) is 135 Å². The van der Waals surface area contributed by atoms with Crippen LogP contribution in [0.2, 0.25) is 0 Å². The molecule has 2 heteroatoms. The molecule has 0 atom stereocenters. The van der Waals surface area contributed by atoms with E-state index in [4.69, 9.17) is 5.73 Å². The van der Waals surface area contributed by atoms with Gasteiger partial charge in [0, 0.05) is 0 Å². The topological polar surface area (TPSA) is 26.0 Å². The summed E-state index contributed by atoms with van der Waals surface area (Å²) in [7, 11) is 0. The SMILES string of the molecule is CCCCCCCCCCCCCCCCCCCCCCN.Cl. The maximum absolute atomic E-state index is 5.51. The summed E-state index contributed by atoms with van der Waals surface area (Å²) in [5.74, 6) is 0. The molecule has 0 aromatic heterocycles. The fourth-order valence-electron chi connectivity index (χ4n) is 3.40. The normalized spacial score (nSPS) is 10.8. The second kappa shape index (κ2) is 25.5. The van der Waals surface area contributed by atoms with Crippen LogP contribution in [0.1, 0.15) is 135 Å². The summed E-state index contributed by atoms with van der Waals surface area (Å²) in [4.78, 5) is 0. The van der Waals surface area contributed by atoms with E-state index in [0.717, 1.165) is 6.54 Å². The summed E-state index contributed by atoms with van der Waals surface area (Å²) in [6.07, 6.45) is 28.8. The van der Waals surface area contributed by atoms with E-state index in [1.807, 2.05) is 0 Å². The van der Waals surface area contributed by atoms with Gasteiger partial charge in [-0.1, -0.05) is 129 Å². The van der Waals surface area contributed by atoms with E-state index >= 15 is 0 Å². The van der Waals surface area contributed by atoms with Crippen LogP contribution in [0.3, 0.4) is 0 Å². The van der Waals surface area contributed by atoms with Gasteiger partial charge in [-0.15, -0.1) is 12.4 Å². The number of unbranched alkanes of at least 4 members (excludes halogenated alkanes) is 19. The van der Waals surface area contributed by atoms with Gasteiger partial charge in [-0.3, -0.25) is 0 Å². The molecule has 0 heterocycles. The van der Waals surface area contributed by atoms with E-state index < -0.39 is 0 Å². The molecule has 0 bridgehead atoms. The molecular weight excluding hydrogens is 314 g/mol. The summed E-state index contributed by atoms with van der Waals surface area (Å²) in [5.41, 5.74) is 5.51. The largest absolute Gasteiger partial charge is 0.330 e. The molecule has 0 unspecified atom stereocenters. The van der Waals surface area contributed by atoms with E-state index in [1.165, 1.54) is 128 Å². The maximum atomic E-state index is 5.51. The molecule has 0 fully saturated rings. The maximum Gasteiger partial charge on any atom is -0.00773 e. The Bertz CT molecular complexity index is 176. The van der Waals surface area contributed by atoms with Gasteiger partial charge >= 0.3 is 0 Å². The number of hydrogen-bond donors (Lipinski definition) is 1. The average Bonchev–Trinajstić information content (AvgIpc) is 2.57. The fourth-order valence-corrected chi connectivity index (χ4v) is 3.40. The van der Waals surface area contributed by atoms with Crippen molar-refractivity contribution in [2.24, 2.45) is 5.73 Å². The van der Waals surface area contributed by atoms with Gasteiger partial charge in [-0.2, -0.15) is 0 Å². The average molecular weight is 362 g/mol. The van der Waals surface area contributed by atoms with Gasteiger partial charge in [-0.25, -0.2) is 0 Å². The Morgan fingerprint density at radius 3 is 0.792 bits per heavy atom. The smallest absolute Gasteiger partial charge is 0.00773 e. The summed E-state index contributed by atoms with van der Waals surface area (Å²) < 4.78 is 0. The van der Waals surface area contributed by atoms with E-state index in [-0.39, 0.29) is 12.4 Å². The molecular formula is C22H48ClN. The lowest BCUT2D eigenvalue weighted by Crippen LogP contribution is -1.97. The lowest BCUT2D eigenvalue weighted by Gasteiger charge is -2.04. The first kappa shape index (κ1) is 26.5. The zero-order valence-corrected chi connectivity index (χ0v) is 17.7. The van der Waals surface area contributed by atoms with Crippen LogP contribution in [0, 0.1) is 0 Å². The Kier molecular flexibility index (Phi) is 28.1. The first-order valence-corrected chi connectivity index (χ1v) is 11.1. The predicted octanol–water partition coefficient (Wildman–Crippen LogP) is 8.19. The third kappa shape index (κ3) is 24.5. The summed E-state index contributed by atoms with van der Waals surface area (Å²) in [6.45, 7) is 3.17. The monoisotopic (exact) mass is 361 g/mol. The third-order valence-electron chi connectivity index (χ3n) is 5.06. The van der Waals surface area contributed by atoms with Crippen LogP contribution in [-0.4, -0.2) is 6.54 Å². The van der Waals surface area contributed by atoms with Crippen LogP contribution in [0.25, 0.3) is 0 Å². The highest BCUT2D eigenvalue weighted by Crippen LogP contribution is 2.14. The van der Waals surface area contributed by atoms with Gasteiger partial charge in [-0.05, 0) is 13.0 Å². The van der Waals surface area contributed by atoms with Gasteiger partial charge in [0.15, 0.2) is 0 Å². The molecule has 0 aliphatic heterocycles. The van der Waals surface area contributed by atoms with Crippen LogP contribution in [0.5, 0.6) is 0 Å². The molecule has 0 aliphatic rings. The van der Waals surface area contributed by atoms with E-state index in [0.29, 0.717) is 0 Å². The van der Waals surface area contributed by atoms with Crippen LogP contribution in [0.4, 0.5) is 0 Å². The van der Waals surface area contributed by atoms with Gasteiger partial charge < -0.3 is 5.73 Å². The number of nitrogens with two attached hydrogens (primary N) is 1. The standard InChI is InChI=1S/C22H47N.ClH/c1-2-3-4-5-6-7-8-9-10-11-12-13-14-15-16-17-18-19-20-21-22-23;/h2-23H2,1H3;1H. The Morgan fingerprint density at radius 1 is 0.375 bits per heavy atom. The van der Waals surface area contributed by atoms with Crippen molar-refractivity contribution in [3.63, 3.8) is 0 Å². The van der Waals surface area contributed by atoms with Crippen molar-refractivity contribution in [3.8, 4) is 0 Å². The van der Waals surface area contributed by atoms with Crippen LogP contribution >= 0.6 is 12.4 Å². The second-order valence-electron chi connectivity index (χ2n) is 7.51. The van der Waals surface area contributed by atoms with Crippen molar-refractivity contribution in [1.29, 1.82) is 0 Å². The minimum atomic E-state index is 0. The van der Waals surface area contributed by atoms with Gasteiger partial charge in [0.1, 0.15) is 0 Å². The van der Waals surface area contributed by atoms with Crippen molar-refractivity contribution >= 4 is 12.4 Å². The molecule has 0 aromatic carbocycles. The van der Waals surface area contributed by atoms with Crippen LogP contribution in [0.15, 0.2) is 0 Å².